The number of hydrogen-bond acceptors (Lipinski definition) is 2. The van der Waals surface area contributed by atoms with Crippen LogP contribution in [0.5, 0.6) is 0 Å². The van der Waals surface area contributed by atoms with E-state index in [0.717, 1.165) is 22.6 Å². The molecule has 2 N–H and O–H groups in total. The summed E-state index contributed by atoms with van der Waals surface area (Å²) in [6.45, 7) is 3.25. The van der Waals surface area contributed by atoms with E-state index in [4.69, 9.17) is 5.11 Å². The molecule has 2 rings (SSSR count). The van der Waals surface area contributed by atoms with Crippen LogP contribution in [0.15, 0.2) is 22.7 Å². The van der Waals surface area contributed by atoms with Crippen LogP contribution < -0.4 is 5.32 Å². The normalized spacial score (nSPS) is 23.1. The summed E-state index contributed by atoms with van der Waals surface area (Å²) in [5, 5.41) is 12.4. The van der Waals surface area contributed by atoms with Gasteiger partial charge in [-0.25, -0.2) is 4.79 Å². The fourth-order valence-electron chi connectivity index (χ4n) is 2.61. The summed E-state index contributed by atoms with van der Waals surface area (Å²) in [4.78, 5) is 11.0. The zero-order valence-corrected chi connectivity index (χ0v) is 12.7. The average molecular weight is 326 g/mol. The molecule has 0 saturated heterocycles. The summed E-state index contributed by atoms with van der Waals surface area (Å²) >= 11 is 3.35. The van der Waals surface area contributed by atoms with Crippen LogP contribution in [0, 0.1) is 11.8 Å². The lowest BCUT2D eigenvalue weighted by molar-refractivity contribution is 0.0697. The van der Waals surface area contributed by atoms with Gasteiger partial charge in [-0.2, -0.15) is 0 Å². The summed E-state index contributed by atoms with van der Waals surface area (Å²) in [5.41, 5.74) is 1.19. The number of carboxylic acid groups (broad SMARTS) is 1. The van der Waals surface area contributed by atoms with Crippen molar-refractivity contribution in [1.29, 1.82) is 0 Å². The smallest absolute Gasteiger partial charge is 0.335 e. The van der Waals surface area contributed by atoms with Gasteiger partial charge in [-0.15, -0.1) is 0 Å². The Balaban J connectivity index is 1.94. The molecule has 1 aliphatic carbocycles. The molecule has 1 aromatic rings. The minimum atomic E-state index is -0.893. The molecule has 3 nitrogen and oxygen atoms in total. The Labute approximate surface area is 122 Å². The largest absolute Gasteiger partial charge is 0.478 e. The first kappa shape index (κ1) is 14.4. The molecule has 1 fully saturated rings. The van der Waals surface area contributed by atoms with Crippen molar-refractivity contribution in [3.63, 3.8) is 0 Å². The van der Waals surface area contributed by atoms with Gasteiger partial charge in [0.05, 0.1) is 5.56 Å². The molecule has 4 heteroatoms. The third kappa shape index (κ3) is 4.23. The summed E-state index contributed by atoms with van der Waals surface area (Å²) in [7, 11) is 0. The fraction of sp³-hybridized carbons (Fsp3) is 0.533. The number of carbonyl (C=O) groups is 1. The van der Waals surface area contributed by atoms with Gasteiger partial charge in [-0.3, -0.25) is 0 Å². The van der Waals surface area contributed by atoms with Crippen molar-refractivity contribution in [2.75, 3.05) is 11.9 Å². The fourth-order valence-corrected chi connectivity index (χ4v) is 3.10. The molecular weight excluding hydrogens is 306 g/mol. The minimum absolute atomic E-state index is 0.314. The Morgan fingerprint density at radius 3 is 2.63 bits per heavy atom. The number of hydrogen-bond donors (Lipinski definition) is 2. The number of benzene rings is 1. The summed E-state index contributed by atoms with van der Waals surface area (Å²) in [5.74, 6) is 0.681. The summed E-state index contributed by atoms with van der Waals surface area (Å²) in [6, 6.07) is 5.24. The molecule has 0 amide bonds. The van der Waals surface area contributed by atoms with Crippen LogP contribution in [-0.2, 0) is 0 Å². The van der Waals surface area contributed by atoms with Gasteiger partial charge in [0.1, 0.15) is 0 Å². The lowest BCUT2D eigenvalue weighted by Gasteiger charge is -2.26. The SMILES string of the molecule is CC1CCC(CNc2cc(Br)cc(C(=O)O)c2)CC1. The van der Waals surface area contributed by atoms with Crippen molar-refractivity contribution in [2.45, 2.75) is 32.6 Å². The molecule has 104 valence electrons. The molecule has 0 aliphatic heterocycles. The molecular formula is C15H20BrNO2. The van der Waals surface area contributed by atoms with Gasteiger partial charge in [0.2, 0.25) is 0 Å². The Bertz CT molecular complexity index is 453. The Morgan fingerprint density at radius 2 is 2.00 bits per heavy atom. The molecule has 0 bridgehead atoms. The van der Waals surface area contributed by atoms with Crippen molar-refractivity contribution < 1.29 is 9.90 Å². The molecule has 0 spiro atoms. The molecule has 1 aromatic carbocycles. The molecule has 19 heavy (non-hydrogen) atoms. The van der Waals surface area contributed by atoms with Gasteiger partial charge >= 0.3 is 5.97 Å². The van der Waals surface area contributed by atoms with Crippen molar-refractivity contribution >= 4 is 27.6 Å². The standard InChI is InChI=1S/C15H20BrNO2/c1-10-2-4-11(5-3-10)9-17-14-7-12(15(18)19)6-13(16)8-14/h6-8,10-11,17H,2-5,9H2,1H3,(H,18,19). The second-order valence-corrected chi connectivity index (χ2v) is 6.46. The maximum Gasteiger partial charge on any atom is 0.335 e. The number of halogens is 1. The third-order valence-electron chi connectivity index (χ3n) is 3.88. The second kappa shape index (κ2) is 6.42. The van der Waals surface area contributed by atoms with E-state index in [1.54, 1.807) is 12.1 Å². The lowest BCUT2D eigenvalue weighted by atomic mass is 9.83. The van der Waals surface area contributed by atoms with Crippen LogP contribution in [0.25, 0.3) is 0 Å². The summed E-state index contributed by atoms with van der Waals surface area (Å²) in [6.07, 6.45) is 5.17. The van der Waals surface area contributed by atoms with Crippen molar-refractivity contribution in [3.8, 4) is 0 Å². The summed E-state index contributed by atoms with van der Waals surface area (Å²) < 4.78 is 0.798. The zero-order valence-electron chi connectivity index (χ0n) is 11.2. The Hall–Kier alpha value is -1.03. The number of anilines is 1. The average Bonchev–Trinajstić information content (AvgIpc) is 2.37. The van der Waals surface area contributed by atoms with E-state index in [9.17, 15) is 4.79 Å². The van der Waals surface area contributed by atoms with Crippen molar-refractivity contribution in [2.24, 2.45) is 11.8 Å². The van der Waals surface area contributed by atoms with E-state index in [-0.39, 0.29) is 0 Å². The molecule has 0 aromatic heterocycles. The van der Waals surface area contributed by atoms with E-state index < -0.39 is 5.97 Å². The number of nitrogens with one attached hydrogen (secondary N) is 1. The van der Waals surface area contributed by atoms with Crippen LogP contribution in [0.4, 0.5) is 5.69 Å². The lowest BCUT2D eigenvalue weighted by Crippen LogP contribution is -2.20. The molecule has 0 unspecified atom stereocenters. The van der Waals surface area contributed by atoms with Crippen molar-refractivity contribution in [1.82, 2.24) is 0 Å². The molecule has 1 aliphatic rings. The predicted molar refractivity (Wildman–Crippen MR) is 80.7 cm³/mol. The third-order valence-corrected chi connectivity index (χ3v) is 4.33. The maximum atomic E-state index is 11.0. The minimum Gasteiger partial charge on any atom is -0.478 e. The highest BCUT2D eigenvalue weighted by Gasteiger charge is 2.18. The molecule has 0 radical (unpaired) electrons. The highest BCUT2D eigenvalue weighted by Crippen LogP contribution is 2.29. The monoisotopic (exact) mass is 325 g/mol. The number of rotatable bonds is 4. The van der Waals surface area contributed by atoms with E-state index in [1.807, 2.05) is 6.07 Å². The van der Waals surface area contributed by atoms with Gasteiger partial charge in [0.25, 0.3) is 0 Å². The predicted octanol–water partition coefficient (Wildman–Crippen LogP) is 4.39. The van der Waals surface area contributed by atoms with Gasteiger partial charge < -0.3 is 10.4 Å². The van der Waals surface area contributed by atoms with Crippen LogP contribution >= 0.6 is 15.9 Å². The number of carboxylic acids is 1. The van der Waals surface area contributed by atoms with E-state index in [1.165, 1.54) is 25.7 Å². The highest BCUT2D eigenvalue weighted by molar-refractivity contribution is 9.10. The van der Waals surface area contributed by atoms with Crippen molar-refractivity contribution in [3.05, 3.63) is 28.2 Å². The molecule has 0 heterocycles. The zero-order chi connectivity index (χ0) is 13.8. The van der Waals surface area contributed by atoms with E-state index in [0.29, 0.717) is 11.5 Å². The second-order valence-electron chi connectivity index (χ2n) is 5.54. The van der Waals surface area contributed by atoms with Crippen LogP contribution in [0.1, 0.15) is 43.0 Å². The molecule has 1 saturated carbocycles. The quantitative estimate of drug-likeness (QED) is 0.863. The van der Waals surface area contributed by atoms with E-state index >= 15 is 0 Å². The van der Waals surface area contributed by atoms with Gasteiger partial charge in [0, 0.05) is 16.7 Å². The van der Waals surface area contributed by atoms with Gasteiger partial charge in [0.15, 0.2) is 0 Å². The topological polar surface area (TPSA) is 49.3 Å². The first-order valence-electron chi connectivity index (χ1n) is 6.82. The van der Waals surface area contributed by atoms with Crippen LogP contribution in [0.3, 0.4) is 0 Å². The van der Waals surface area contributed by atoms with Crippen LogP contribution in [0.2, 0.25) is 0 Å². The maximum absolute atomic E-state index is 11.0. The van der Waals surface area contributed by atoms with Gasteiger partial charge in [-0.1, -0.05) is 35.7 Å². The Kier molecular flexibility index (Phi) is 4.86. The van der Waals surface area contributed by atoms with Gasteiger partial charge in [-0.05, 0) is 42.9 Å². The van der Waals surface area contributed by atoms with E-state index in [2.05, 4.69) is 28.2 Å². The molecule has 0 atom stereocenters. The van der Waals surface area contributed by atoms with Crippen LogP contribution in [-0.4, -0.2) is 17.6 Å². The number of aromatic carboxylic acids is 1. The highest BCUT2D eigenvalue weighted by atomic mass is 79.9. The first-order valence-corrected chi connectivity index (χ1v) is 7.61. The Morgan fingerprint density at radius 1 is 1.32 bits per heavy atom. The first-order chi connectivity index (χ1) is 9.04.